The van der Waals surface area contributed by atoms with E-state index in [0.29, 0.717) is 19.3 Å². The second-order valence-corrected chi connectivity index (χ2v) is 19.5. The molecule has 1 atom stereocenters. The molecule has 0 saturated heterocycles. The fourth-order valence-corrected chi connectivity index (χ4v) is 8.04. The summed E-state index contributed by atoms with van der Waals surface area (Å²) in [5, 5.41) is 0. The highest BCUT2D eigenvalue weighted by molar-refractivity contribution is 5.71. The van der Waals surface area contributed by atoms with Crippen molar-refractivity contribution in [2.24, 2.45) is 0 Å². The van der Waals surface area contributed by atoms with Gasteiger partial charge in [-0.2, -0.15) is 0 Å². The lowest BCUT2D eigenvalue weighted by Crippen LogP contribution is -2.30. The van der Waals surface area contributed by atoms with Crippen molar-refractivity contribution in [2.75, 3.05) is 13.2 Å². The third kappa shape index (κ3) is 57.0. The Morgan fingerprint density at radius 2 is 0.542 bits per heavy atom. The Morgan fingerprint density at radius 1 is 0.292 bits per heavy atom. The van der Waals surface area contributed by atoms with Gasteiger partial charge in [0.15, 0.2) is 6.10 Å². The van der Waals surface area contributed by atoms with Crippen LogP contribution in [0.4, 0.5) is 0 Å². The second-order valence-electron chi connectivity index (χ2n) is 19.5. The van der Waals surface area contributed by atoms with Crippen LogP contribution in [0.1, 0.15) is 271 Å². The van der Waals surface area contributed by atoms with Crippen LogP contribution in [0.25, 0.3) is 0 Å². The van der Waals surface area contributed by atoms with Gasteiger partial charge >= 0.3 is 17.9 Å². The zero-order chi connectivity index (χ0) is 52.2. The van der Waals surface area contributed by atoms with Crippen LogP contribution < -0.4 is 0 Å². The molecule has 0 saturated carbocycles. The normalized spacial score (nSPS) is 12.9. The minimum atomic E-state index is -0.794. The maximum absolute atomic E-state index is 12.8. The fourth-order valence-electron chi connectivity index (χ4n) is 8.04. The molecule has 72 heavy (non-hydrogen) atoms. The first-order chi connectivity index (χ1) is 35.5. The fraction of sp³-hybridized carbons (Fsp3) is 0.682. The summed E-state index contributed by atoms with van der Waals surface area (Å²) in [6.07, 6.45) is 80.8. The molecule has 0 heterocycles. The maximum atomic E-state index is 12.8. The lowest BCUT2D eigenvalue weighted by Gasteiger charge is -2.18. The molecule has 0 radical (unpaired) electrons. The van der Waals surface area contributed by atoms with Gasteiger partial charge < -0.3 is 14.2 Å². The number of allylic oxidation sites excluding steroid dienone is 18. The van der Waals surface area contributed by atoms with Crippen molar-refractivity contribution in [3.8, 4) is 0 Å². The number of rotatable bonds is 53. The molecule has 0 aliphatic carbocycles. The largest absolute Gasteiger partial charge is 0.462 e. The van der Waals surface area contributed by atoms with Gasteiger partial charge in [-0.3, -0.25) is 14.4 Å². The summed E-state index contributed by atoms with van der Waals surface area (Å²) in [6.45, 7) is 6.48. The minimum Gasteiger partial charge on any atom is -0.462 e. The van der Waals surface area contributed by atoms with Crippen molar-refractivity contribution in [2.45, 2.75) is 277 Å². The number of hydrogen-bond acceptors (Lipinski definition) is 6. The molecule has 0 rings (SSSR count). The number of ether oxygens (including phenoxy) is 3. The highest BCUT2D eigenvalue weighted by Crippen LogP contribution is 2.15. The van der Waals surface area contributed by atoms with E-state index in [1.54, 1.807) is 0 Å². The van der Waals surface area contributed by atoms with Crippen molar-refractivity contribution in [3.63, 3.8) is 0 Å². The average molecular weight is 1000 g/mol. The number of esters is 3. The lowest BCUT2D eigenvalue weighted by molar-refractivity contribution is -0.167. The van der Waals surface area contributed by atoms with Gasteiger partial charge in [0.1, 0.15) is 13.2 Å². The molecule has 0 aliphatic heterocycles. The van der Waals surface area contributed by atoms with Crippen molar-refractivity contribution in [3.05, 3.63) is 109 Å². The molecule has 6 nitrogen and oxygen atoms in total. The van der Waals surface area contributed by atoms with Crippen LogP contribution in [-0.4, -0.2) is 37.2 Å². The molecule has 0 spiro atoms. The first kappa shape index (κ1) is 68.1. The van der Waals surface area contributed by atoms with Gasteiger partial charge in [0, 0.05) is 19.3 Å². The molecule has 6 heteroatoms. The lowest BCUT2D eigenvalue weighted by atomic mass is 10.1. The number of unbranched alkanes of at least 4 members (excludes halogenated alkanes) is 24. The Labute approximate surface area is 444 Å². The summed E-state index contributed by atoms with van der Waals surface area (Å²) in [4.78, 5) is 38.1. The van der Waals surface area contributed by atoms with E-state index in [4.69, 9.17) is 14.2 Å². The van der Waals surface area contributed by atoms with Gasteiger partial charge in [0.2, 0.25) is 0 Å². The summed E-state index contributed by atoms with van der Waals surface area (Å²) in [5.74, 6) is -0.921. The molecule has 0 N–H and O–H groups in total. The van der Waals surface area contributed by atoms with E-state index in [1.165, 1.54) is 83.5 Å². The number of carbonyl (C=O) groups excluding carboxylic acids is 3. The Hall–Kier alpha value is -3.93. The monoisotopic (exact) mass is 999 g/mol. The molecule has 0 aromatic carbocycles. The highest BCUT2D eigenvalue weighted by Gasteiger charge is 2.19. The third-order valence-corrected chi connectivity index (χ3v) is 12.5. The van der Waals surface area contributed by atoms with Gasteiger partial charge in [-0.05, 0) is 109 Å². The predicted molar refractivity (Wildman–Crippen MR) is 311 cm³/mol. The molecule has 0 bridgehead atoms. The molecule has 0 aliphatic rings. The molecule has 0 amide bonds. The quantitative estimate of drug-likeness (QED) is 0.0261. The predicted octanol–water partition coefficient (Wildman–Crippen LogP) is 20.3. The molecular formula is C66H110O6. The van der Waals surface area contributed by atoms with E-state index >= 15 is 0 Å². The first-order valence-corrected chi connectivity index (χ1v) is 29.9. The number of carbonyl (C=O) groups is 3. The van der Waals surface area contributed by atoms with Crippen LogP contribution in [0, 0.1) is 0 Å². The standard InChI is InChI=1S/C66H110O6/c1-4-7-10-13-16-19-22-24-26-28-29-30-31-32-33-34-35-36-37-38-40-41-44-47-50-53-56-59-65(68)71-62-63(61-70-64(67)58-55-52-49-46-43-21-18-15-12-9-6-3)72-66(69)60-57-54-51-48-45-42-39-27-25-23-20-17-14-11-8-5-2/h7,10,16,19-20,23-24,26-27,29-30,32-33,35-36,38-40,63H,4-6,8-9,11-15,17-18,21-22,25,28,31,34,37,41-62H2,1-3H3/b10-7-,19-16-,23-20-,26-24-,30-29-,33-32-,36-35-,39-27-,40-38-. The molecule has 0 fully saturated rings. The average Bonchev–Trinajstić information content (AvgIpc) is 3.38. The van der Waals surface area contributed by atoms with Gasteiger partial charge in [-0.15, -0.1) is 0 Å². The van der Waals surface area contributed by atoms with Crippen LogP contribution in [-0.2, 0) is 28.6 Å². The highest BCUT2D eigenvalue weighted by atomic mass is 16.6. The van der Waals surface area contributed by atoms with Crippen molar-refractivity contribution in [1.82, 2.24) is 0 Å². The second kappa shape index (κ2) is 59.6. The van der Waals surface area contributed by atoms with Gasteiger partial charge in [0.05, 0.1) is 0 Å². The Kier molecular flexibility index (Phi) is 56.4. The van der Waals surface area contributed by atoms with Crippen molar-refractivity contribution < 1.29 is 28.6 Å². The van der Waals surface area contributed by atoms with E-state index in [-0.39, 0.29) is 31.1 Å². The Morgan fingerprint density at radius 3 is 0.861 bits per heavy atom. The Balaban J connectivity index is 4.36. The maximum Gasteiger partial charge on any atom is 0.306 e. The minimum absolute atomic E-state index is 0.0893. The molecule has 0 aromatic rings. The summed E-state index contributed by atoms with van der Waals surface area (Å²) >= 11 is 0. The SMILES string of the molecule is CC/C=C\C/C=C\C/C=C\C/C=C\C/C=C\C/C=C\C/C=C\CCCCCCCC(=O)OCC(COC(=O)CCCCCCCCCCCCC)OC(=O)CCCCCCC/C=C\C/C=C\CCCCCC. The van der Waals surface area contributed by atoms with E-state index in [1.807, 2.05) is 0 Å². The van der Waals surface area contributed by atoms with Crippen LogP contribution in [0.15, 0.2) is 109 Å². The van der Waals surface area contributed by atoms with Crippen LogP contribution >= 0.6 is 0 Å². The number of hydrogen-bond donors (Lipinski definition) is 0. The van der Waals surface area contributed by atoms with E-state index in [2.05, 4.69) is 130 Å². The molecule has 1 unspecified atom stereocenters. The van der Waals surface area contributed by atoms with E-state index < -0.39 is 6.10 Å². The summed E-state index contributed by atoms with van der Waals surface area (Å²) < 4.78 is 16.8. The third-order valence-electron chi connectivity index (χ3n) is 12.5. The summed E-state index contributed by atoms with van der Waals surface area (Å²) in [7, 11) is 0. The zero-order valence-corrected chi connectivity index (χ0v) is 46.9. The van der Waals surface area contributed by atoms with E-state index in [0.717, 1.165) is 148 Å². The molecule has 0 aromatic heterocycles. The smallest absolute Gasteiger partial charge is 0.306 e. The van der Waals surface area contributed by atoms with E-state index in [9.17, 15) is 14.4 Å². The van der Waals surface area contributed by atoms with Gasteiger partial charge in [0.25, 0.3) is 0 Å². The zero-order valence-electron chi connectivity index (χ0n) is 46.9. The van der Waals surface area contributed by atoms with Crippen LogP contribution in [0.5, 0.6) is 0 Å². The summed E-state index contributed by atoms with van der Waals surface area (Å²) in [6, 6.07) is 0. The van der Waals surface area contributed by atoms with Crippen molar-refractivity contribution >= 4 is 17.9 Å². The Bertz CT molecular complexity index is 1470. The van der Waals surface area contributed by atoms with Crippen molar-refractivity contribution in [1.29, 1.82) is 0 Å². The summed E-state index contributed by atoms with van der Waals surface area (Å²) in [5.41, 5.74) is 0. The van der Waals surface area contributed by atoms with Gasteiger partial charge in [-0.25, -0.2) is 0 Å². The van der Waals surface area contributed by atoms with Gasteiger partial charge in [-0.1, -0.05) is 252 Å². The molecule has 410 valence electrons. The molecular weight excluding hydrogens is 889 g/mol. The topological polar surface area (TPSA) is 78.9 Å². The van der Waals surface area contributed by atoms with Crippen LogP contribution in [0.2, 0.25) is 0 Å². The van der Waals surface area contributed by atoms with Crippen LogP contribution in [0.3, 0.4) is 0 Å². The first-order valence-electron chi connectivity index (χ1n) is 29.9.